The summed E-state index contributed by atoms with van der Waals surface area (Å²) in [4.78, 5) is 12.3. The molecule has 0 spiro atoms. The molecular weight excluding hydrogens is 348 g/mol. The van der Waals surface area contributed by atoms with Crippen LogP contribution in [0, 0.1) is 4.77 Å². The fourth-order valence-electron chi connectivity index (χ4n) is 3.37. The van der Waals surface area contributed by atoms with Crippen LogP contribution in [-0.4, -0.2) is 33.3 Å². The Kier molecular flexibility index (Phi) is 6.44. The van der Waals surface area contributed by atoms with Crippen molar-refractivity contribution in [3.8, 4) is 17.1 Å². The van der Waals surface area contributed by atoms with Gasteiger partial charge in [0, 0.05) is 24.6 Å². The maximum atomic E-state index is 12.3. The molecule has 1 amide bonds. The lowest BCUT2D eigenvalue weighted by Crippen LogP contribution is -2.36. The lowest BCUT2D eigenvalue weighted by Gasteiger charge is -2.22. The van der Waals surface area contributed by atoms with Gasteiger partial charge in [-0.1, -0.05) is 19.3 Å². The standard InChI is InChI=1S/C19H26N4O2S/c1-2-25-16-10-8-14(9-11-16)18-21-22-19(26)23(18)13-12-17(24)20-15-6-4-3-5-7-15/h8-11,15H,2-7,12-13H2,1H3,(H,20,24)(H,22,26). The zero-order chi connectivity index (χ0) is 18.4. The molecule has 2 N–H and O–H groups in total. The summed E-state index contributed by atoms with van der Waals surface area (Å²) in [6, 6.07) is 8.07. The van der Waals surface area contributed by atoms with Gasteiger partial charge in [-0.2, -0.15) is 5.10 Å². The Morgan fingerprint density at radius 1 is 1.31 bits per heavy atom. The number of nitrogens with zero attached hydrogens (tertiary/aromatic N) is 2. The van der Waals surface area contributed by atoms with Crippen molar-refractivity contribution in [3.05, 3.63) is 29.0 Å². The number of amides is 1. The average molecular weight is 375 g/mol. The lowest BCUT2D eigenvalue weighted by atomic mass is 9.95. The highest BCUT2D eigenvalue weighted by Crippen LogP contribution is 2.21. The van der Waals surface area contributed by atoms with Crippen molar-refractivity contribution in [1.82, 2.24) is 20.1 Å². The SMILES string of the molecule is CCOc1ccc(-c2n[nH]c(=S)n2CCC(=O)NC2CCCCC2)cc1. The van der Waals surface area contributed by atoms with Gasteiger partial charge >= 0.3 is 0 Å². The van der Waals surface area contributed by atoms with Gasteiger partial charge in [-0.25, -0.2) is 0 Å². The maximum Gasteiger partial charge on any atom is 0.222 e. The molecule has 2 aromatic rings. The highest BCUT2D eigenvalue weighted by Gasteiger charge is 2.16. The molecule has 0 bridgehead atoms. The molecule has 1 fully saturated rings. The molecule has 1 aromatic carbocycles. The van der Waals surface area contributed by atoms with Gasteiger partial charge in [-0.05, 0) is 56.2 Å². The van der Waals surface area contributed by atoms with Crippen LogP contribution in [0.4, 0.5) is 0 Å². The van der Waals surface area contributed by atoms with Crippen molar-refractivity contribution in [2.24, 2.45) is 0 Å². The van der Waals surface area contributed by atoms with E-state index in [1.165, 1.54) is 19.3 Å². The topological polar surface area (TPSA) is 71.9 Å². The molecule has 0 atom stereocenters. The molecule has 0 radical (unpaired) electrons. The van der Waals surface area contributed by atoms with Crippen molar-refractivity contribution < 1.29 is 9.53 Å². The summed E-state index contributed by atoms with van der Waals surface area (Å²) in [6.45, 7) is 3.10. The van der Waals surface area contributed by atoms with Gasteiger partial charge in [-0.15, -0.1) is 0 Å². The molecule has 1 aromatic heterocycles. The molecule has 140 valence electrons. The third-order valence-corrected chi connectivity index (χ3v) is 5.03. The fraction of sp³-hybridized carbons (Fsp3) is 0.526. The molecule has 0 unspecified atom stereocenters. The van der Waals surface area contributed by atoms with Crippen LogP contribution in [0.3, 0.4) is 0 Å². The Bertz CT molecular complexity index is 776. The number of aromatic amines is 1. The van der Waals surface area contributed by atoms with Gasteiger partial charge in [0.25, 0.3) is 0 Å². The summed E-state index contributed by atoms with van der Waals surface area (Å²) in [5.74, 6) is 1.64. The van der Waals surface area contributed by atoms with E-state index < -0.39 is 0 Å². The second kappa shape index (κ2) is 8.98. The van der Waals surface area contributed by atoms with Crippen LogP contribution >= 0.6 is 12.2 Å². The van der Waals surface area contributed by atoms with Crippen molar-refractivity contribution >= 4 is 18.1 Å². The molecule has 0 aliphatic heterocycles. The van der Waals surface area contributed by atoms with E-state index in [4.69, 9.17) is 17.0 Å². The number of carbonyl (C=O) groups excluding carboxylic acids is 1. The van der Waals surface area contributed by atoms with Crippen molar-refractivity contribution in [3.63, 3.8) is 0 Å². The molecule has 1 aliphatic carbocycles. The summed E-state index contributed by atoms with van der Waals surface area (Å²) in [7, 11) is 0. The number of H-pyrrole nitrogens is 1. The first-order valence-electron chi connectivity index (χ1n) is 9.35. The van der Waals surface area contributed by atoms with E-state index in [0.29, 0.717) is 30.4 Å². The summed E-state index contributed by atoms with van der Waals surface area (Å²) in [5.41, 5.74) is 0.938. The Labute approximate surface area is 159 Å². The number of hydrogen-bond donors (Lipinski definition) is 2. The average Bonchev–Trinajstić information content (AvgIpc) is 3.02. The largest absolute Gasteiger partial charge is 0.494 e. The van der Waals surface area contributed by atoms with Crippen molar-refractivity contribution in [1.29, 1.82) is 0 Å². The van der Waals surface area contributed by atoms with Crippen LogP contribution in [0.15, 0.2) is 24.3 Å². The van der Waals surface area contributed by atoms with Gasteiger partial charge < -0.3 is 10.1 Å². The van der Waals surface area contributed by atoms with E-state index in [1.54, 1.807) is 0 Å². The summed E-state index contributed by atoms with van der Waals surface area (Å²) < 4.78 is 7.88. The Hall–Kier alpha value is -2.15. The van der Waals surface area contributed by atoms with E-state index >= 15 is 0 Å². The van der Waals surface area contributed by atoms with E-state index in [0.717, 1.165) is 30.0 Å². The van der Waals surface area contributed by atoms with Crippen molar-refractivity contribution in [2.45, 2.75) is 58.0 Å². The minimum absolute atomic E-state index is 0.0812. The van der Waals surface area contributed by atoms with E-state index in [9.17, 15) is 4.79 Å². The summed E-state index contributed by atoms with van der Waals surface area (Å²) in [5, 5.41) is 10.3. The number of benzene rings is 1. The number of nitrogens with one attached hydrogen (secondary N) is 2. The third kappa shape index (κ3) is 4.72. The fourth-order valence-corrected chi connectivity index (χ4v) is 3.60. The first kappa shape index (κ1) is 18.6. The first-order valence-corrected chi connectivity index (χ1v) is 9.76. The smallest absolute Gasteiger partial charge is 0.222 e. The monoisotopic (exact) mass is 374 g/mol. The molecule has 1 saturated carbocycles. The molecule has 3 rings (SSSR count). The van der Waals surface area contributed by atoms with Crippen LogP contribution < -0.4 is 10.1 Å². The highest BCUT2D eigenvalue weighted by atomic mass is 32.1. The Balaban J connectivity index is 1.64. The van der Waals surface area contributed by atoms with Crippen molar-refractivity contribution in [2.75, 3.05) is 6.61 Å². The van der Waals surface area contributed by atoms with Crippen LogP contribution in [0.5, 0.6) is 5.75 Å². The summed E-state index contributed by atoms with van der Waals surface area (Å²) >= 11 is 5.34. The number of ether oxygens (including phenoxy) is 1. The minimum Gasteiger partial charge on any atom is -0.494 e. The van der Waals surface area contributed by atoms with E-state index in [-0.39, 0.29) is 5.91 Å². The highest BCUT2D eigenvalue weighted by molar-refractivity contribution is 7.71. The Morgan fingerprint density at radius 3 is 2.73 bits per heavy atom. The molecule has 1 heterocycles. The quantitative estimate of drug-likeness (QED) is 0.722. The second-order valence-corrected chi connectivity index (χ2v) is 7.00. The second-order valence-electron chi connectivity index (χ2n) is 6.61. The molecule has 7 heteroatoms. The third-order valence-electron chi connectivity index (χ3n) is 4.71. The zero-order valence-electron chi connectivity index (χ0n) is 15.2. The molecule has 6 nitrogen and oxygen atoms in total. The number of hydrogen-bond acceptors (Lipinski definition) is 4. The van der Waals surface area contributed by atoms with Crippen LogP contribution in [0.2, 0.25) is 0 Å². The maximum absolute atomic E-state index is 12.3. The van der Waals surface area contributed by atoms with Gasteiger partial charge in [0.1, 0.15) is 5.75 Å². The van der Waals surface area contributed by atoms with E-state index in [1.807, 2.05) is 35.8 Å². The number of aromatic nitrogens is 3. The predicted molar refractivity (Wildman–Crippen MR) is 104 cm³/mol. The van der Waals surface area contributed by atoms with E-state index in [2.05, 4.69) is 15.5 Å². The van der Waals surface area contributed by atoms with Gasteiger partial charge in [0.15, 0.2) is 10.6 Å². The predicted octanol–water partition coefficient (Wildman–Crippen LogP) is 3.85. The van der Waals surface area contributed by atoms with Gasteiger partial charge in [0.05, 0.1) is 6.61 Å². The lowest BCUT2D eigenvalue weighted by molar-refractivity contribution is -0.122. The van der Waals surface area contributed by atoms with Gasteiger partial charge in [-0.3, -0.25) is 14.5 Å². The molecular formula is C19H26N4O2S. The number of carbonyl (C=O) groups is 1. The first-order chi connectivity index (χ1) is 12.7. The molecule has 26 heavy (non-hydrogen) atoms. The van der Waals surface area contributed by atoms with Crippen LogP contribution in [0.25, 0.3) is 11.4 Å². The summed E-state index contributed by atoms with van der Waals surface area (Å²) in [6.07, 6.45) is 6.28. The number of rotatable bonds is 7. The van der Waals surface area contributed by atoms with Crippen LogP contribution in [0.1, 0.15) is 45.4 Å². The normalized spacial score (nSPS) is 15.0. The zero-order valence-corrected chi connectivity index (χ0v) is 16.0. The Morgan fingerprint density at radius 2 is 2.04 bits per heavy atom. The minimum atomic E-state index is 0.0812. The molecule has 0 saturated heterocycles. The molecule has 1 aliphatic rings. The van der Waals surface area contributed by atoms with Gasteiger partial charge in [0.2, 0.25) is 5.91 Å². The van der Waals surface area contributed by atoms with Crippen LogP contribution in [-0.2, 0) is 11.3 Å².